The van der Waals surface area contributed by atoms with Crippen molar-refractivity contribution < 1.29 is 23.8 Å². The summed E-state index contributed by atoms with van der Waals surface area (Å²) in [7, 11) is -0.430. The maximum Gasteiger partial charge on any atom is 0.308 e. The lowest BCUT2D eigenvalue weighted by molar-refractivity contribution is -0.144. The van der Waals surface area contributed by atoms with Gasteiger partial charge in [0.15, 0.2) is 8.32 Å². The predicted octanol–water partition coefficient (Wildman–Crippen LogP) is 7.15. The molecule has 0 unspecified atom stereocenters. The summed E-state index contributed by atoms with van der Waals surface area (Å²) in [6.45, 7) is 22.0. The van der Waals surface area contributed by atoms with E-state index in [9.17, 15) is 9.90 Å². The number of carboxylic acid groups (broad SMARTS) is 1. The smallest absolute Gasteiger partial charge is 0.308 e. The van der Waals surface area contributed by atoms with E-state index < -0.39 is 20.2 Å². The van der Waals surface area contributed by atoms with Gasteiger partial charge in [-0.25, -0.2) is 0 Å². The fourth-order valence-electron chi connectivity index (χ4n) is 3.52. The Kier molecular flexibility index (Phi) is 10.7. The number of carboxylic acids is 1. The van der Waals surface area contributed by atoms with Crippen LogP contribution in [0.3, 0.4) is 0 Å². The minimum absolute atomic E-state index is 0.0299. The van der Waals surface area contributed by atoms with E-state index in [-0.39, 0.29) is 28.6 Å². The number of methoxy groups -OCH3 is 1. The highest BCUT2D eigenvalue weighted by molar-refractivity contribution is 6.74. The maximum absolute atomic E-state index is 11.8. The van der Waals surface area contributed by atoms with E-state index in [0.717, 1.165) is 17.7 Å². The molecular weight excluding hydrogens is 432 g/mol. The van der Waals surface area contributed by atoms with Crippen molar-refractivity contribution in [2.24, 2.45) is 17.3 Å². The number of rotatable bonds is 12. The first kappa shape index (κ1) is 29.7. The van der Waals surface area contributed by atoms with Gasteiger partial charge in [-0.1, -0.05) is 60.6 Å². The SMILES string of the molecule is COc1ccc(CO[C@@H](C[C@@H](C)C[C@H](O[Si](C)(C)C(C)(C)C)[C@H](C)C(=O)O)C(C)(C)C)cc1. The van der Waals surface area contributed by atoms with Crippen molar-refractivity contribution in [3.63, 3.8) is 0 Å². The van der Waals surface area contributed by atoms with Gasteiger partial charge in [0.25, 0.3) is 0 Å². The molecule has 0 spiro atoms. The van der Waals surface area contributed by atoms with Gasteiger partial charge in [-0.05, 0) is 66.9 Å². The Morgan fingerprint density at radius 3 is 1.97 bits per heavy atom. The molecule has 0 aromatic heterocycles. The first-order chi connectivity index (χ1) is 15.0. The Labute approximate surface area is 203 Å². The summed E-state index contributed by atoms with van der Waals surface area (Å²) < 4.78 is 18.3. The second kappa shape index (κ2) is 11.9. The Morgan fingerprint density at radius 2 is 1.55 bits per heavy atom. The average molecular weight is 481 g/mol. The molecule has 0 radical (unpaired) electrons. The number of aliphatic carboxylic acids is 1. The summed E-state index contributed by atoms with van der Waals surface area (Å²) >= 11 is 0. The van der Waals surface area contributed by atoms with Crippen LogP contribution in [-0.2, 0) is 20.6 Å². The van der Waals surface area contributed by atoms with E-state index in [1.54, 1.807) is 14.0 Å². The molecule has 0 aliphatic rings. The Bertz CT molecular complexity index is 730. The third-order valence-corrected chi connectivity index (χ3v) is 11.5. The van der Waals surface area contributed by atoms with Gasteiger partial charge in [-0.2, -0.15) is 0 Å². The number of ether oxygens (including phenoxy) is 2. The normalized spacial score (nSPS) is 16.7. The van der Waals surface area contributed by atoms with Crippen molar-refractivity contribution in [2.75, 3.05) is 7.11 Å². The molecule has 0 heterocycles. The van der Waals surface area contributed by atoms with Crippen molar-refractivity contribution in [1.29, 1.82) is 0 Å². The topological polar surface area (TPSA) is 65.0 Å². The summed E-state index contributed by atoms with van der Waals surface area (Å²) in [5.41, 5.74) is 1.07. The van der Waals surface area contributed by atoms with Gasteiger partial charge >= 0.3 is 5.97 Å². The molecule has 4 atom stereocenters. The van der Waals surface area contributed by atoms with Crippen LogP contribution in [0.25, 0.3) is 0 Å². The second-order valence-electron chi connectivity index (χ2n) is 12.1. The van der Waals surface area contributed by atoms with E-state index in [1.165, 1.54) is 0 Å². The predicted molar refractivity (Wildman–Crippen MR) is 138 cm³/mol. The molecule has 190 valence electrons. The van der Waals surface area contributed by atoms with Crippen molar-refractivity contribution in [1.82, 2.24) is 0 Å². The van der Waals surface area contributed by atoms with Crippen molar-refractivity contribution in [3.8, 4) is 5.75 Å². The van der Waals surface area contributed by atoms with Crippen LogP contribution in [0.2, 0.25) is 18.1 Å². The second-order valence-corrected chi connectivity index (χ2v) is 16.9. The van der Waals surface area contributed by atoms with E-state index >= 15 is 0 Å². The Morgan fingerprint density at radius 1 is 1.00 bits per heavy atom. The van der Waals surface area contributed by atoms with Crippen LogP contribution in [0.1, 0.15) is 73.8 Å². The molecule has 1 N–H and O–H groups in total. The standard InChI is InChI=1S/C27H48O5Si/c1-19(16-23(20(2)25(28)29)32-33(10,11)27(6,7)8)17-24(26(3,4)5)31-18-21-12-14-22(30-9)15-13-21/h12-15,19-20,23-24H,16-18H2,1-11H3,(H,28,29)/t19-,20-,23-,24-/m0/s1. The average Bonchev–Trinajstić information content (AvgIpc) is 2.68. The summed E-state index contributed by atoms with van der Waals surface area (Å²) in [6.07, 6.45) is 1.30. The molecule has 5 nitrogen and oxygen atoms in total. The van der Waals surface area contributed by atoms with Crippen molar-refractivity contribution in [3.05, 3.63) is 29.8 Å². The van der Waals surface area contributed by atoms with Gasteiger partial charge in [-0.3, -0.25) is 4.79 Å². The van der Waals surface area contributed by atoms with Gasteiger partial charge in [-0.15, -0.1) is 0 Å². The Hall–Kier alpha value is -1.37. The van der Waals surface area contributed by atoms with Gasteiger partial charge < -0.3 is 19.0 Å². The van der Waals surface area contributed by atoms with Crippen LogP contribution in [-0.4, -0.2) is 38.7 Å². The van der Waals surface area contributed by atoms with Crippen LogP contribution in [0.5, 0.6) is 5.75 Å². The number of hydrogen-bond donors (Lipinski definition) is 1. The first-order valence-electron chi connectivity index (χ1n) is 12.1. The zero-order valence-electron chi connectivity index (χ0n) is 22.8. The van der Waals surface area contributed by atoms with Crippen LogP contribution < -0.4 is 4.74 Å². The molecule has 0 aliphatic carbocycles. The van der Waals surface area contributed by atoms with Crippen LogP contribution >= 0.6 is 0 Å². The summed E-state index contributed by atoms with van der Waals surface area (Å²) in [5.74, 6) is -0.245. The monoisotopic (exact) mass is 480 g/mol. The molecule has 0 aliphatic heterocycles. The van der Waals surface area contributed by atoms with Crippen LogP contribution in [0, 0.1) is 17.3 Å². The number of hydrogen-bond acceptors (Lipinski definition) is 4. The molecule has 0 amide bonds. The highest BCUT2D eigenvalue weighted by Gasteiger charge is 2.41. The summed E-state index contributed by atoms with van der Waals surface area (Å²) in [5, 5.41) is 9.76. The van der Waals surface area contributed by atoms with E-state index in [1.807, 2.05) is 24.3 Å². The van der Waals surface area contributed by atoms with Gasteiger partial charge in [0.2, 0.25) is 0 Å². The molecule has 1 rings (SSSR count). The summed E-state index contributed by atoms with van der Waals surface area (Å²) in [4.78, 5) is 11.8. The van der Waals surface area contributed by atoms with Crippen LogP contribution in [0.4, 0.5) is 0 Å². The number of benzene rings is 1. The molecular formula is C27H48O5Si. The molecule has 1 aromatic carbocycles. The summed E-state index contributed by atoms with van der Waals surface area (Å²) in [6, 6.07) is 7.95. The largest absolute Gasteiger partial charge is 0.497 e. The molecule has 33 heavy (non-hydrogen) atoms. The molecule has 6 heteroatoms. The van der Waals surface area contributed by atoms with E-state index in [2.05, 4.69) is 61.6 Å². The molecule has 0 bridgehead atoms. The lowest BCUT2D eigenvalue weighted by Crippen LogP contribution is -2.47. The zero-order chi connectivity index (χ0) is 25.6. The van der Waals surface area contributed by atoms with Gasteiger partial charge in [0.05, 0.1) is 31.8 Å². The van der Waals surface area contributed by atoms with Gasteiger partial charge in [0, 0.05) is 0 Å². The molecule has 0 saturated carbocycles. The minimum atomic E-state index is -2.09. The third-order valence-electron chi connectivity index (χ3n) is 7.03. The number of carbonyl (C=O) groups is 1. The minimum Gasteiger partial charge on any atom is -0.497 e. The van der Waals surface area contributed by atoms with E-state index in [4.69, 9.17) is 13.9 Å². The molecule has 0 fully saturated rings. The third kappa shape index (κ3) is 9.42. The molecule has 1 aromatic rings. The van der Waals surface area contributed by atoms with E-state index in [0.29, 0.717) is 13.0 Å². The zero-order valence-corrected chi connectivity index (χ0v) is 23.8. The van der Waals surface area contributed by atoms with Crippen LogP contribution in [0.15, 0.2) is 24.3 Å². The Balaban J connectivity index is 2.91. The first-order valence-corrected chi connectivity index (χ1v) is 15.0. The lowest BCUT2D eigenvalue weighted by Gasteiger charge is -2.41. The fraction of sp³-hybridized carbons (Fsp3) is 0.741. The highest BCUT2D eigenvalue weighted by Crippen LogP contribution is 2.39. The quantitative estimate of drug-likeness (QED) is 0.322. The van der Waals surface area contributed by atoms with Crippen molar-refractivity contribution in [2.45, 2.75) is 105 Å². The lowest BCUT2D eigenvalue weighted by atomic mass is 9.81. The van der Waals surface area contributed by atoms with Crippen molar-refractivity contribution >= 4 is 14.3 Å². The maximum atomic E-state index is 11.8. The van der Waals surface area contributed by atoms with Gasteiger partial charge in [0.1, 0.15) is 5.75 Å². The highest BCUT2D eigenvalue weighted by atomic mass is 28.4. The fourth-order valence-corrected chi connectivity index (χ4v) is 4.93. The molecule has 0 saturated heterocycles.